The van der Waals surface area contributed by atoms with Crippen LogP contribution in [0.1, 0.15) is 17.4 Å². The molecule has 0 spiro atoms. The second kappa shape index (κ2) is 5.16. The van der Waals surface area contributed by atoms with Crippen molar-refractivity contribution in [2.75, 3.05) is 18.1 Å². The van der Waals surface area contributed by atoms with Crippen molar-refractivity contribution in [1.29, 1.82) is 0 Å². The van der Waals surface area contributed by atoms with Gasteiger partial charge in [-0.2, -0.15) is 11.8 Å². The van der Waals surface area contributed by atoms with E-state index in [-0.39, 0.29) is 6.10 Å². The molecule has 0 bridgehead atoms. The fraction of sp³-hybridized carbons (Fsp3) is 0.600. The molecule has 4 heteroatoms. The van der Waals surface area contributed by atoms with Crippen LogP contribution < -0.4 is 5.32 Å². The summed E-state index contributed by atoms with van der Waals surface area (Å²) in [6.45, 7) is 0.686. The Morgan fingerprint density at radius 3 is 3.21 bits per heavy atom. The Bertz CT molecular complexity index is 257. The molecule has 2 nitrogen and oxygen atoms in total. The Balaban J connectivity index is 1.74. The molecule has 2 N–H and O–H groups in total. The number of hydrogen-bond acceptors (Lipinski definition) is 4. The molecule has 0 radical (unpaired) electrons. The molecule has 1 aliphatic rings. The molecule has 1 saturated heterocycles. The van der Waals surface area contributed by atoms with Crippen LogP contribution in [-0.4, -0.2) is 29.2 Å². The lowest BCUT2D eigenvalue weighted by atomic mass is 10.2. The molecule has 1 fully saturated rings. The zero-order valence-electron chi connectivity index (χ0n) is 7.98. The van der Waals surface area contributed by atoms with Crippen molar-refractivity contribution < 1.29 is 5.11 Å². The normalized spacial score (nSPS) is 23.9. The van der Waals surface area contributed by atoms with E-state index in [0.29, 0.717) is 12.6 Å². The highest BCUT2D eigenvalue weighted by Gasteiger charge is 2.16. The molecular formula is C10H15NOS2. The van der Waals surface area contributed by atoms with Crippen LogP contribution in [-0.2, 0) is 0 Å². The average Bonchev–Trinajstić information content (AvgIpc) is 2.87. The van der Waals surface area contributed by atoms with Crippen LogP contribution in [0.2, 0.25) is 0 Å². The fourth-order valence-corrected chi connectivity index (χ4v) is 3.45. The monoisotopic (exact) mass is 229 g/mol. The summed E-state index contributed by atoms with van der Waals surface area (Å²) in [7, 11) is 0. The second-order valence-corrected chi connectivity index (χ2v) is 5.63. The Labute approximate surface area is 92.7 Å². The molecule has 2 rings (SSSR count). The molecular weight excluding hydrogens is 214 g/mol. The van der Waals surface area contributed by atoms with Crippen molar-refractivity contribution in [3.8, 4) is 0 Å². The van der Waals surface area contributed by atoms with Crippen molar-refractivity contribution in [2.24, 2.45) is 0 Å². The lowest BCUT2D eigenvalue weighted by molar-refractivity contribution is 0.174. The van der Waals surface area contributed by atoms with Crippen molar-refractivity contribution >= 4 is 23.1 Å². The van der Waals surface area contributed by atoms with E-state index >= 15 is 0 Å². The number of aliphatic hydroxyl groups excluding tert-OH is 1. The molecule has 0 amide bonds. The van der Waals surface area contributed by atoms with Crippen LogP contribution >= 0.6 is 23.1 Å². The number of hydrogen-bond donors (Lipinski definition) is 2. The molecule has 14 heavy (non-hydrogen) atoms. The van der Waals surface area contributed by atoms with Crippen LogP contribution in [0.15, 0.2) is 17.5 Å². The van der Waals surface area contributed by atoms with Crippen molar-refractivity contribution in [3.05, 3.63) is 22.4 Å². The predicted octanol–water partition coefficient (Wildman–Crippen LogP) is 1.88. The van der Waals surface area contributed by atoms with Gasteiger partial charge in [-0.3, -0.25) is 0 Å². The van der Waals surface area contributed by atoms with Crippen LogP contribution in [0.4, 0.5) is 0 Å². The van der Waals surface area contributed by atoms with Gasteiger partial charge in [-0.05, 0) is 23.6 Å². The molecule has 2 unspecified atom stereocenters. The minimum Gasteiger partial charge on any atom is -0.386 e. The van der Waals surface area contributed by atoms with Gasteiger partial charge in [-0.1, -0.05) is 6.07 Å². The molecule has 0 saturated carbocycles. The maximum atomic E-state index is 9.81. The first kappa shape index (κ1) is 10.5. The molecule has 2 heterocycles. The third-order valence-corrected chi connectivity index (χ3v) is 4.54. The van der Waals surface area contributed by atoms with E-state index in [1.54, 1.807) is 11.3 Å². The van der Waals surface area contributed by atoms with E-state index < -0.39 is 0 Å². The Morgan fingerprint density at radius 2 is 2.57 bits per heavy atom. The van der Waals surface area contributed by atoms with Gasteiger partial charge in [-0.15, -0.1) is 11.3 Å². The molecule has 1 aromatic heterocycles. The second-order valence-electron chi connectivity index (χ2n) is 3.50. The van der Waals surface area contributed by atoms with Gasteiger partial charge in [0.2, 0.25) is 0 Å². The standard InChI is InChI=1S/C10H15NOS2/c12-9(10-2-1-4-14-10)6-11-8-3-5-13-7-8/h1-2,4,8-9,11-12H,3,5-7H2. The quantitative estimate of drug-likeness (QED) is 0.827. The third kappa shape index (κ3) is 2.73. The summed E-state index contributed by atoms with van der Waals surface area (Å²) in [6, 6.07) is 4.57. The van der Waals surface area contributed by atoms with Crippen LogP contribution in [0.5, 0.6) is 0 Å². The topological polar surface area (TPSA) is 32.3 Å². The van der Waals surface area contributed by atoms with E-state index in [1.807, 2.05) is 29.3 Å². The van der Waals surface area contributed by atoms with Gasteiger partial charge in [0.05, 0.1) is 0 Å². The summed E-state index contributed by atoms with van der Waals surface area (Å²) in [5.41, 5.74) is 0. The van der Waals surface area contributed by atoms with Crippen LogP contribution in [0.3, 0.4) is 0 Å². The Hall–Kier alpha value is -0.0300. The van der Waals surface area contributed by atoms with E-state index in [2.05, 4.69) is 5.32 Å². The third-order valence-electron chi connectivity index (χ3n) is 2.40. The average molecular weight is 229 g/mol. The summed E-state index contributed by atoms with van der Waals surface area (Å²) in [5, 5.41) is 15.2. The van der Waals surface area contributed by atoms with Gasteiger partial charge in [-0.25, -0.2) is 0 Å². The predicted molar refractivity (Wildman–Crippen MR) is 63.0 cm³/mol. The van der Waals surface area contributed by atoms with Gasteiger partial charge < -0.3 is 10.4 Å². The highest BCUT2D eigenvalue weighted by Crippen LogP contribution is 2.20. The Kier molecular flexibility index (Phi) is 3.87. The van der Waals surface area contributed by atoms with Gasteiger partial charge in [0, 0.05) is 23.2 Å². The summed E-state index contributed by atoms with van der Waals surface area (Å²) in [6.07, 6.45) is 0.905. The highest BCUT2D eigenvalue weighted by atomic mass is 32.2. The van der Waals surface area contributed by atoms with E-state index in [9.17, 15) is 5.11 Å². The first-order valence-corrected chi connectivity index (χ1v) is 6.92. The number of rotatable bonds is 4. The lowest BCUT2D eigenvalue weighted by Crippen LogP contribution is -2.32. The molecule has 2 atom stereocenters. The largest absolute Gasteiger partial charge is 0.386 e. The summed E-state index contributed by atoms with van der Waals surface area (Å²) in [5.74, 6) is 2.45. The zero-order chi connectivity index (χ0) is 9.80. The summed E-state index contributed by atoms with van der Waals surface area (Å²) in [4.78, 5) is 1.06. The fourth-order valence-electron chi connectivity index (χ4n) is 1.56. The van der Waals surface area contributed by atoms with Gasteiger partial charge in [0.25, 0.3) is 0 Å². The maximum Gasteiger partial charge on any atom is 0.101 e. The lowest BCUT2D eigenvalue weighted by Gasteiger charge is -2.14. The summed E-state index contributed by atoms with van der Waals surface area (Å²) >= 11 is 3.61. The van der Waals surface area contributed by atoms with Crippen molar-refractivity contribution in [3.63, 3.8) is 0 Å². The maximum absolute atomic E-state index is 9.81. The molecule has 1 aliphatic heterocycles. The van der Waals surface area contributed by atoms with Crippen molar-refractivity contribution in [1.82, 2.24) is 5.32 Å². The minimum absolute atomic E-state index is 0.333. The molecule has 0 aromatic carbocycles. The van der Waals surface area contributed by atoms with Crippen LogP contribution in [0, 0.1) is 0 Å². The van der Waals surface area contributed by atoms with Crippen LogP contribution in [0.25, 0.3) is 0 Å². The molecule has 1 aromatic rings. The molecule has 78 valence electrons. The zero-order valence-corrected chi connectivity index (χ0v) is 9.61. The number of nitrogens with one attached hydrogen (secondary N) is 1. The molecule has 0 aliphatic carbocycles. The number of thiophene rings is 1. The highest BCUT2D eigenvalue weighted by molar-refractivity contribution is 7.99. The van der Waals surface area contributed by atoms with Gasteiger partial charge >= 0.3 is 0 Å². The Morgan fingerprint density at radius 1 is 1.64 bits per heavy atom. The first-order valence-electron chi connectivity index (χ1n) is 4.89. The van der Waals surface area contributed by atoms with Crippen molar-refractivity contribution in [2.45, 2.75) is 18.6 Å². The van der Waals surface area contributed by atoms with E-state index in [0.717, 1.165) is 4.88 Å². The minimum atomic E-state index is -0.333. The number of aliphatic hydroxyl groups is 1. The number of thioether (sulfide) groups is 1. The van der Waals surface area contributed by atoms with Gasteiger partial charge in [0.1, 0.15) is 6.10 Å². The van der Waals surface area contributed by atoms with E-state index in [1.165, 1.54) is 17.9 Å². The summed E-state index contributed by atoms with van der Waals surface area (Å²) < 4.78 is 0. The first-order chi connectivity index (χ1) is 6.86. The van der Waals surface area contributed by atoms with E-state index in [4.69, 9.17) is 0 Å². The van der Waals surface area contributed by atoms with Gasteiger partial charge in [0.15, 0.2) is 0 Å². The SMILES string of the molecule is OC(CNC1CCSC1)c1cccs1. The smallest absolute Gasteiger partial charge is 0.101 e.